The molecule has 0 atom stereocenters. The molecule has 0 radical (unpaired) electrons. The molecule has 0 fully saturated rings. The van der Waals surface area contributed by atoms with Crippen molar-refractivity contribution < 1.29 is 8.42 Å². The summed E-state index contributed by atoms with van der Waals surface area (Å²) in [7, 11) is -5.37. The van der Waals surface area contributed by atoms with E-state index in [9.17, 15) is 8.42 Å². The maximum Gasteiger partial charge on any atom is 0.207 e. The fraction of sp³-hybridized carbons (Fsp3) is 0.200. The molecule has 1 aromatic rings. The maximum absolute atomic E-state index is 13.4. The second-order valence-electron chi connectivity index (χ2n) is 7.23. The normalized spacial score (nSPS) is 12.5. The molecule has 0 aromatic heterocycles. The van der Waals surface area contributed by atoms with Gasteiger partial charge in [-0.1, -0.05) is 73.7 Å². The standard InChI is InChI=1S/C20H22O2SSi/c1-15-10-12-17(13-11-15)23(21,22)20-18-9-7-5-6-8-16(18)14-19(20)24(2,3)4/h5-14H,1-4H3. The van der Waals surface area contributed by atoms with E-state index in [4.69, 9.17) is 0 Å². The van der Waals surface area contributed by atoms with Gasteiger partial charge in [-0.15, -0.1) is 0 Å². The Morgan fingerprint density at radius 2 is 1.46 bits per heavy atom. The number of aryl methyl sites for hydroxylation is 1. The topological polar surface area (TPSA) is 34.1 Å². The van der Waals surface area contributed by atoms with Gasteiger partial charge < -0.3 is 0 Å². The molecule has 0 N–H and O–H groups in total. The van der Waals surface area contributed by atoms with E-state index < -0.39 is 17.9 Å². The van der Waals surface area contributed by atoms with Crippen molar-refractivity contribution in [3.63, 3.8) is 0 Å². The average molecular weight is 355 g/mol. The number of hydrogen-bond donors (Lipinski definition) is 0. The minimum Gasteiger partial charge on any atom is -0.218 e. The fourth-order valence-corrected chi connectivity index (χ4v) is 7.22. The van der Waals surface area contributed by atoms with Gasteiger partial charge in [0.15, 0.2) is 0 Å². The fourth-order valence-electron chi connectivity index (χ4n) is 2.94. The molecule has 24 heavy (non-hydrogen) atoms. The van der Waals surface area contributed by atoms with Crippen molar-refractivity contribution in [2.75, 3.05) is 0 Å². The van der Waals surface area contributed by atoms with Crippen LogP contribution in [0.15, 0.2) is 70.5 Å². The molecule has 124 valence electrons. The second kappa shape index (κ2) is 5.87. The number of sulfone groups is 1. The monoisotopic (exact) mass is 354 g/mol. The van der Waals surface area contributed by atoms with E-state index in [2.05, 4.69) is 25.7 Å². The lowest BCUT2D eigenvalue weighted by molar-refractivity contribution is 0.597. The highest BCUT2D eigenvalue weighted by Gasteiger charge is 2.33. The molecular formula is C20H22O2SSi. The highest BCUT2D eigenvalue weighted by molar-refractivity contribution is 7.92. The third kappa shape index (κ3) is 2.92. The SMILES string of the molecule is Cc1ccc(S(=O)(=O)c2c3cccccc-3cc2[Si](C)(C)C)cc1. The highest BCUT2D eigenvalue weighted by Crippen LogP contribution is 2.34. The quantitative estimate of drug-likeness (QED) is 0.650. The van der Waals surface area contributed by atoms with Gasteiger partial charge in [0.2, 0.25) is 9.84 Å². The van der Waals surface area contributed by atoms with Gasteiger partial charge in [0.25, 0.3) is 0 Å². The summed E-state index contributed by atoms with van der Waals surface area (Å²) in [5.41, 5.74) is 2.86. The van der Waals surface area contributed by atoms with Gasteiger partial charge in [-0.25, -0.2) is 8.42 Å². The Kier molecular flexibility index (Phi) is 4.14. The molecule has 0 bridgehead atoms. The van der Waals surface area contributed by atoms with Gasteiger partial charge in [0, 0.05) is 5.56 Å². The van der Waals surface area contributed by atoms with Crippen LogP contribution in [0.25, 0.3) is 11.1 Å². The van der Waals surface area contributed by atoms with E-state index in [1.165, 1.54) is 0 Å². The van der Waals surface area contributed by atoms with Crippen molar-refractivity contribution in [3.05, 3.63) is 66.2 Å². The molecule has 0 aliphatic heterocycles. The highest BCUT2D eigenvalue weighted by atomic mass is 32.2. The first-order chi connectivity index (χ1) is 11.2. The minimum absolute atomic E-state index is 0.367. The molecule has 2 nitrogen and oxygen atoms in total. The predicted molar refractivity (Wildman–Crippen MR) is 103 cm³/mol. The Bertz CT molecular complexity index is 952. The summed E-state index contributed by atoms with van der Waals surface area (Å²) in [4.78, 5) is 0.864. The summed E-state index contributed by atoms with van der Waals surface area (Å²) < 4.78 is 26.8. The van der Waals surface area contributed by atoms with Crippen LogP contribution in [0, 0.1) is 6.92 Å². The van der Waals surface area contributed by atoms with Gasteiger partial charge in [-0.3, -0.25) is 0 Å². The lowest BCUT2D eigenvalue weighted by atomic mass is 10.2. The van der Waals surface area contributed by atoms with Crippen LogP contribution in [0.2, 0.25) is 19.6 Å². The Hall–Kier alpha value is -1.91. The van der Waals surface area contributed by atoms with Crippen LogP contribution in [0.1, 0.15) is 5.56 Å². The number of hydrogen-bond acceptors (Lipinski definition) is 2. The molecule has 4 heteroatoms. The minimum atomic E-state index is -3.55. The molecule has 0 saturated heterocycles. The van der Waals surface area contributed by atoms with Crippen LogP contribution in [0.3, 0.4) is 0 Å². The summed E-state index contributed by atoms with van der Waals surface area (Å²) in [5, 5.41) is 1.00. The van der Waals surface area contributed by atoms with Crippen LogP contribution in [0.4, 0.5) is 0 Å². The zero-order valence-corrected chi connectivity index (χ0v) is 16.3. The van der Waals surface area contributed by atoms with Crippen LogP contribution in [0.5, 0.6) is 0 Å². The molecule has 0 spiro atoms. The van der Waals surface area contributed by atoms with Gasteiger partial charge >= 0.3 is 0 Å². The Balaban J connectivity index is 2.35. The second-order valence-corrected chi connectivity index (χ2v) is 14.2. The lowest BCUT2D eigenvalue weighted by Crippen LogP contribution is -2.39. The Labute approximate surface area is 145 Å². The van der Waals surface area contributed by atoms with E-state index in [-0.39, 0.29) is 0 Å². The van der Waals surface area contributed by atoms with Crippen LogP contribution < -0.4 is 5.19 Å². The zero-order valence-electron chi connectivity index (χ0n) is 14.5. The smallest absolute Gasteiger partial charge is 0.207 e. The Morgan fingerprint density at radius 3 is 2.08 bits per heavy atom. The van der Waals surface area contributed by atoms with E-state index in [0.717, 1.165) is 21.9 Å². The summed E-state index contributed by atoms with van der Waals surface area (Å²) >= 11 is 0. The van der Waals surface area contributed by atoms with E-state index >= 15 is 0 Å². The van der Waals surface area contributed by atoms with Crippen molar-refractivity contribution in [1.29, 1.82) is 0 Å². The number of fused-ring (bicyclic) bond motifs is 1. The molecule has 2 aliphatic rings. The number of benzene rings is 1. The largest absolute Gasteiger partial charge is 0.218 e. The van der Waals surface area contributed by atoms with Gasteiger partial charge in [-0.05, 0) is 29.8 Å². The van der Waals surface area contributed by atoms with Crippen LogP contribution in [-0.2, 0) is 9.84 Å². The predicted octanol–water partition coefficient (Wildman–Crippen LogP) is 4.48. The molecule has 0 unspecified atom stereocenters. The first kappa shape index (κ1) is 16.9. The van der Waals surface area contributed by atoms with Gasteiger partial charge in [0.1, 0.15) is 0 Å². The van der Waals surface area contributed by atoms with Crippen molar-refractivity contribution in [2.45, 2.75) is 36.4 Å². The number of rotatable bonds is 3. The van der Waals surface area contributed by atoms with Crippen LogP contribution in [-0.4, -0.2) is 16.5 Å². The maximum atomic E-state index is 13.4. The first-order valence-electron chi connectivity index (χ1n) is 8.05. The summed E-state index contributed by atoms with van der Waals surface area (Å²) in [5.74, 6) is 0. The van der Waals surface area contributed by atoms with E-state index in [1.807, 2.05) is 49.4 Å². The third-order valence-corrected chi connectivity index (χ3v) is 8.33. The molecular weight excluding hydrogens is 332 g/mol. The van der Waals surface area contributed by atoms with Gasteiger partial charge in [-0.2, -0.15) is 0 Å². The Morgan fingerprint density at radius 1 is 0.833 bits per heavy atom. The summed E-state index contributed by atoms with van der Waals surface area (Å²) in [6.07, 6.45) is 0. The van der Waals surface area contributed by atoms with Crippen molar-refractivity contribution in [2.24, 2.45) is 0 Å². The third-order valence-electron chi connectivity index (χ3n) is 4.27. The lowest BCUT2D eigenvalue weighted by Gasteiger charge is -2.18. The molecule has 0 heterocycles. The summed E-state index contributed by atoms with van der Waals surface area (Å²) in [6.45, 7) is 8.53. The van der Waals surface area contributed by atoms with E-state index in [1.54, 1.807) is 12.1 Å². The molecule has 1 aromatic carbocycles. The molecule has 0 saturated carbocycles. The summed E-state index contributed by atoms with van der Waals surface area (Å²) in [6, 6.07) is 18.9. The van der Waals surface area contributed by atoms with Crippen LogP contribution >= 0.6 is 0 Å². The zero-order chi connectivity index (χ0) is 17.5. The van der Waals surface area contributed by atoms with Crippen molar-refractivity contribution in [1.82, 2.24) is 0 Å². The molecule has 2 aliphatic carbocycles. The van der Waals surface area contributed by atoms with Gasteiger partial charge in [0.05, 0.1) is 17.9 Å². The van der Waals surface area contributed by atoms with Crippen molar-refractivity contribution >= 4 is 23.1 Å². The molecule has 0 amide bonds. The average Bonchev–Trinajstić information content (AvgIpc) is 2.73. The molecule has 3 rings (SSSR count). The first-order valence-corrected chi connectivity index (χ1v) is 13.0. The van der Waals surface area contributed by atoms with Crippen molar-refractivity contribution in [3.8, 4) is 11.1 Å². The van der Waals surface area contributed by atoms with E-state index in [0.29, 0.717) is 9.79 Å².